The average Bonchev–Trinajstić information content (AvgIpc) is 3.00. The second-order valence-electron chi connectivity index (χ2n) is 5.26. The van der Waals surface area contributed by atoms with Gasteiger partial charge < -0.3 is 14.8 Å². The number of ketones is 1. The molecule has 1 aromatic heterocycles. The summed E-state index contributed by atoms with van der Waals surface area (Å²) in [6.45, 7) is 3.40. The smallest absolute Gasteiger partial charge is 0.226 e. The zero-order valence-electron chi connectivity index (χ0n) is 13.5. The lowest BCUT2D eigenvalue weighted by Gasteiger charge is -2.29. The first-order valence-electron chi connectivity index (χ1n) is 7.17. The Bertz CT molecular complexity index is 794. The van der Waals surface area contributed by atoms with Crippen LogP contribution in [-0.2, 0) is 4.79 Å². The van der Waals surface area contributed by atoms with Crippen molar-refractivity contribution in [3.8, 4) is 11.5 Å². The van der Waals surface area contributed by atoms with E-state index in [9.17, 15) is 4.79 Å². The lowest BCUT2D eigenvalue weighted by atomic mass is 9.92. The second kappa shape index (κ2) is 5.75. The van der Waals surface area contributed by atoms with Gasteiger partial charge in [-0.25, -0.2) is 4.68 Å². The van der Waals surface area contributed by atoms with Crippen LogP contribution in [0.1, 0.15) is 25.5 Å². The minimum absolute atomic E-state index is 0.0361. The maximum absolute atomic E-state index is 12.2. The molecule has 0 spiro atoms. The summed E-state index contributed by atoms with van der Waals surface area (Å²) in [5, 5.41) is 7.39. The standard InChI is InChI=1S/C16H18N4O3/c1-9-14(10(2)21)15(20-16(19-9)17-8-18-20)12-7-11(22-3)5-6-13(12)23-4/h5-8,15H,1-4H3,(H,17,18,19)/t15-/m1/s1. The van der Waals surface area contributed by atoms with Crippen molar-refractivity contribution in [3.63, 3.8) is 0 Å². The molecule has 2 heterocycles. The van der Waals surface area contributed by atoms with Crippen LogP contribution in [0.2, 0.25) is 0 Å². The highest BCUT2D eigenvalue weighted by Gasteiger charge is 2.33. The minimum Gasteiger partial charge on any atom is -0.497 e. The van der Waals surface area contributed by atoms with Gasteiger partial charge in [-0.3, -0.25) is 4.79 Å². The van der Waals surface area contributed by atoms with Gasteiger partial charge in [0.25, 0.3) is 0 Å². The van der Waals surface area contributed by atoms with Crippen molar-refractivity contribution in [1.29, 1.82) is 0 Å². The first-order valence-corrected chi connectivity index (χ1v) is 7.17. The summed E-state index contributed by atoms with van der Waals surface area (Å²) < 4.78 is 12.5. The van der Waals surface area contributed by atoms with Crippen LogP contribution in [0.4, 0.5) is 5.95 Å². The highest BCUT2D eigenvalue weighted by atomic mass is 16.5. The highest BCUT2D eigenvalue weighted by Crippen LogP contribution is 2.40. The Hall–Kier alpha value is -2.83. The van der Waals surface area contributed by atoms with Crippen molar-refractivity contribution < 1.29 is 14.3 Å². The molecule has 7 nitrogen and oxygen atoms in total. The van der Waals surface area contributed by atoms with Crippen molar-refractivity contribution in [3.05, 3.63) is 41.4 Å². The van der Waals surface area contributed by atoms with Crippen LogP contribution in [-0.4, -0.2) is 34.8 Å². The Morgan fingerprint density at radius 3 is 2.74 bits per heavy atom. The number of nitrogens with one attached hydrogen (secondary N) is 1. The molecule has 0 radical (unpaired) electrons. The average molecular weight is 314 g/mol. The van der Waals surface area contributed by atoms with Gasteiger partial charge in [-0.05, 0) is 32.0 Å². The zero-order chi connectivity index (χ0) is 16.6. The molecule has 1 aliphatic rings. The van der Waals surface area contributed by atoms with E-state index in [0.717, 1.165) is 11.3 Å². The van der Waals surface area contributed by atoms with Gasteiger partial charge in [0.15, 0.2) is 5.78 Å². The number of fused-ring (bicyclic) bond motifs is 1. The number of benzene rings is 1. The number of allylic oxidation sites excluding steroid dienone is 2. The van der Waals surface area contributed by atoms with Crippen LogP contribution in [0.25, 0.3) is 0 Å². The number of rotatable bonds is 4. The first-order chi connectivity index (χ1) is 11.1. The normalized spacial score (nSPS) is 16.6. The third-order valence-corrected chi connectivity index (χ3v) is 3.91. The zero-order valence-corrected chi connectivity index (χ0v) is 13.5. The number of carbonyl (C=O) groups is 1. The van der Waals surface area contributed by atoms with E-state index in [0.29, 0.717) is 23.0 Å². The molecular formula is C16H18N4O3. The van der Waals surface area contributed by atoms with Gasteiger partial charge >= 0.3 is 0 Å². The number of anilines is 1. The van der Waals surface area contributed by atoms with E-state index in [4.69, 9.17) is 9.47 Å². The first kappa shape index (κ1) is 15.1. The molecule has 120 valence electrons. The molecule has 3 rings (SSSR count). The number of nitrogens with zero attached hydrogens (tertiary/aromatic N) is 3. The van der Waals surface area contributed by atoms with Crippen LogP contribution in [0.3, 0.4) is 0 Å². The van der Waals surface area contributed by atoms with Gasteiger partial charge in [0.2, 0.25) is 5.95 Å². The van der Waals surface area contributed by atoms with E-state index in [1.165, 1.54) is 6.33 Å². The fourth-order valence-electron chi connectivity index (χ4n) is 2.89. The quantitative estimate of drug-likeness (QED) is 0.932. The van der Waals surface area contributed by atoms with Gasteiger partial charge in [0.05, 0.1) is 14.2 Å². The van der Waals surface area contributed by atoms with Gasteiger partial charge in [0, 0.05) is 16.8 Å². The number of carbonyl (C=O) groups excluding carboxylic acids is 1. The predicted octanol–water partition coefficient (Wildman–Crippen LogP) is 2.17. The molecule has 0 amide bonds. The van der Waals surface area contributed by atoms with E-state index in [1.807, 2.05) is 25.1 Å². The summed E-state index contributed by atoms with van der Waals surface area (Å²) in [5.74, 6) is 1.89. The summed E-state index contributed by atoms with van der Waals surface area (Å²) in [6, 6.07) is 5.07. The molecule has 1 atom stereocenters. The molecular weight excluding hydrogens is 296 g/mol. The fraction of sp³-hybridized carbons (Fsp3) is 0.312. The fourth-order valence-corrected chi connectivity index (χ4v) is 2.89. The summed E-state index contributed by atoms with van der Waals surface area (Å²) in [5.41, 5.74) is 2.17. The molecule has 2 aromatic rings. The van der Waals surface area contributed by atoms with Crippen molar-refractivity contribution in [2.75, 3.05) is 19.5 Å². The van der Waals surface area contributed by atoms with Crippen molar-refractivity contribution in [2.24, 2.45) is 0 Å². The van der Waals surface area contributed by atoms with Gasteiger partial charge in [-0.1, -0.05) is 0 Å². The molecule has 1 aromatic carbocycles. The van der Waals surface area contributed by atoms with Gasteiger partial charge in [0.1, 0.15) is 23.9 Å². The summed E-state index contributed by atoms with van der Waals surface area (Å²) >= 11 is 0. The van der Waals surface area contributed by atoms with E-state index >= 15 is 0 Å². The molecule has 7 heteroatoms. The number of Topliss-reactive ketones (excluding diaryl/α,β-unsaturated/α-hetero) is 1. The second-order valence-corrected chi connectivity index (χ2v) is 5.26. The van der Waals surface area contributed by atoms with E-state index in [-0.39, 0.29) is 5.78 Å². The van der Waals surface area contributed by atoms with Crippen LogP contribution >= 0.6 is 0 Å². The summed E-state index contributed by atoms with van der Waals surface area (Å²) in [4.78, 5) is 16.4. The predicted molar refractivity (Wildman–Crippen MR) is 84.7 cm³/mol. The molecule has 0 bridgehead atoms. The monoisotopic (exact) mass is 314 g/mol. The van der Waals surface area contributed by atoms with Crippen LogP contribution in [0.15, 0.2) is 35.8 Å². The Kier molecular flexibility index (Phi) is 3.77. The van der Waals surface area contributed by atoms with Crippen LogP contribution in [0, 0.1) is 0 Å². The van der Waals surface area contributed by atoms with Crippen LogP contribution in [0.5, 0.6) is 11.5 Å². The Morgan fingerprint density at radius 1 is 1.30 bits per heavy atom. The maximum atomic E-state index is 12.2. The molecule has 0 unspecified atom stereocenters. The highest BCUT2D eigenvalue weighted by molar-refractivity contribution is 5.96. The Balaban J connectivity index is 2.26. The Labute approximate surface area is 133 Å². The Morgan fingerprint density at radius 2 is 2.09 bits per heavy atom. The molecule has 0 fully saturated rings. The van der Waals surface area contributed by atoms with E-state index in [1.54, 1.807) is 25.8 Å². The molecule has 23 heavy (non-hydrogen) atoms. The number of ether oxygens (including phenoxy) is 2. The topological polar surface area (TPSA) is 78.3 Å². The van der Waals surface area contributed by atoms with Gasteiger partial charge in [-0.2, -0.15) is 10.1 Å². The number of hydrogen-bond donors (Lipinski definition) is 1. The molecule has 0 saturated carbocycles. The van der Waals surface area contributed by atoms with Gasteiger partial charge in [-0.15, -0.1) is 0 Å². The lowest BCUT2D eigenvalue weighted by molar-refractivity contribution is -0.114. The third-order valence-electron chi connectivity index (χ3n) is 3.91. The lowest BCUT2D eigenvalue weighted by Crippen LogP contribution is -2.28. The van der Waals surface area contributed by atoms with E-state index < -0.39 is 6.04 Å². The molecule has 1 aliphatic heterocycles. The number of aromatic nitrogens is 3. The SMILES string of the molecule is COc1ccc(OC)c([C@@H]2C(C(C)=O)=C(C)Nc3ncnn32)c1. The maximum Gasteiger partial charge on any atom is 0.226 e. The third kappa shape index (κ3) is 2.44. The van der Waals surface area contributed by atoms with Crippen LogP contribution < -0.4 is 14.8 Å². The minimum atomic E-state index is -0.420. The van der Waals surface area contributed by atoms with Crippen molar-refractivity contribution in [1.82, 2.24) is 14.8 Å². The van der Waals surface area contributed by atoms with Crippen molar-refractivity contribution in [2.45, 2.75) is 19.9 Å². The molecule has 0 saturated heterocycles. The van der Waals surface area contributed by atoms with E-state index in [2.05, 4.69) is 15.4 Å². The summed E-state index contributed by atoms with van der Waals surface area (Å²) in [6.07, 6.45) is 1.46. The largest absolute Gasteiger partial charge is 0.497 e. The molecule has 1 N–H and O–H groups in total. The summed E-state index contributed by atoms with van der Waals surface area (Å²) in [7, 11) is 3.19. The van der Waals surface area contributed by atoms with Crippen molar-refractivity contribution >= 4 is 11.7 Å². The number of hydrogen-bond acceptors (Lipinski definition) is 6. The number of methoxy groups -OCH3 is 2. The molecule has 0 aliphatic carbocycles.